The van der Waals surface area contributed by atoms with Crippen LogP contribution in [0.5, 0.6) is 0 Å². The van der Waals surface area contributed by atoms with Crippen molar-refractivity contribution in [1.82, 2.24) is 9.88 Å². The van der Waals surface area contributed by atoms with Gasteiger partial charge in [0, 0.05) is 25.2 Å². The summed E-state index contributed by atoms with van der Waals surface area (Å²) < 4.78 is 0. The number of thiophene rings is 1. The monoisotopic (exact) mass is 316 g/mol. The molecule has 2 aromatic heterocycles. The summed E-state index contributed by atoms with van der Waals surface area (Å²) in [6.07, 6.45) is 1.55. The van der Waals surface area contributed by atoms with Crippen LogP contribution in [0.15, 0.2) is 47.3 Å². The summed E-state index contributed by atoms with van der Waals surface area (Å²) in [4.78, 5) is 18.5. The van der Waals surface area contributed by atoms with E-state index in [-0.39, 0.29) is 5.91 Å². The van der Waals surface area contributed by atoms with Gasteiger partial charge in [-0.3, -0.25) is 4.79 Å². The lowest BCUT2D eigenvalue weighted by Gasteiger charge is -2.17. The maximum absolute atomic E-state index is 12.6. The average Bonchev–Trinajstić information content (AvgIpc) is 3.00. The molecule has 0 N–H and O–H groups in total. The van der Waals surface area contributed by atoms with Gasteiger partial charge in [-0.05, 0) is 27.8 Å². The van der Waals surface area contributed by atoms with E-state index in [1.807, 2.05) is 41.1 Å². The van der Waals surface area contributed by atoms with Gasteiger partial charge >= 0.3 is 0 Å². The number of halogens is 1. The van der Waals surface area contributed by atoms with Gasteiger partial charge in [-0.2, -0.15) is 11.3 Å². The number of carbonyl (C=O) groups is 1. The molecule has 1 amide bonds. The molecule has 3 rings (SSSR count). The summed E-state index contributed by atoms with van der Waals surface area (Å²) in [6.45, 7) is 0.583. The Morgan fingerprint density at radius 3 is 2.76 bits per heavy atom. The molecule has 0 fully saturated rings. The SMILES string of the molecule is CN(Cc1ccsc1)C(=O)c1cnc(Cl)c2ccccc12. The molecule has 0 bridgehead atoms. The number of rotatable bonds is 3. The quantitative estimate of drug-likeness (QED) is 0.678. The highest BCUT2D eigenvalue weighted by molar-refractivity contribution is 7.07. The standard InChI is InChI=1S/C16H13ClN2OS/c1-19(9-11-6-7-21-10-11)16(20)14-8-18-15(17)13-5-3-2-4-12(13)14/h2-8,10H,9H2,1H3. The Labute approximate surface area is 131 Å². The third kappa shape index (κ3) is 2.77. The highest BCUT2D eigenvalue weighted by Crippen LogP contribution is 2.25. The Balaban J connectivity index is 1.96. The number of hydrogen-bond acceptors (Lipinski definition) is 3. The number of benzene rings is 1. The van der Waals surface area contributed by atoms with Crippen LogP contribution >= 0.6 is 22.9 Å². The summed E-state index contributed by atoms with van der Waals surface area (Å²) in [5.41, 5.74) is 1.70. The van der Waals surface area contributed by atoms with E-state index in [9.17, 15) is 4.79 Å². The Morgan fingerprint density at radius 2 is 2.05 bits per heavy atom. The van der Waals surface area contributed by atoms with Crippen LogP contribution in [0, 0.1) is 0 Å². The summed E-state index contributed by atoms with van der Waals surface area (Å²) >= 11 is 7.72. The molecule has 0 aliphatic rings. The van der Waals surface area contributed by atoms with Gasteiger partial charge in [-0.25, -0.2) is 4.98 Å². The molecule has 0 aliphatic carbocycles. The first kappa shape index (κ1) is 14.0. The number of carbonyl (C=O) groups excluding carboxylic acids is 1. The molecule has 1 aromatic carbocycles. The van der Waals surface area contributed by atoms with Crippen molar-refractivity contribution < 1.29 is 4.79 Å². The molecule has 21 heavy (non-hydrogen) atoms. The Kier molecular flexibility index (Phi) is 3.90. The zero-order valence-corrected chi connectivity index (χ0v) is 13.0. The van der Waals surface area contributed by atoms with Crippen LogP contribution in [0.2, 0.25) is 5.15 Å². The average molecular weight is 317 g/mol. The number of pyridine rings is 1. The van der Waals surface area contributed by atoms with Gasteiger partial charge in [0.15, 0.2) is 0 Å². The van der Waals surface area contributed by atoms with E-state index in [4.69, 9.17) is 11.6 Å². The lowest BCUT2D eigenvalue weighted by molar-refractivity contribution is 0.0787. The normalized spacial score (nSPS) is 10.8. The zero-order chi connectivity index (χ0) is 14.8. The van der Waals surface area contributed by atoms with Gasteiger partial charge < -0.3 is 4.90 Å². The van der Waals surface area contributed by atoms with Crippen LogP contribution < -0.4 is 0 Å². The first-order chi connectivity index (χ1) is 10.2. The Bertz CT molecular complexity index is 786. The number of nitrogens with zero attached hydrogens (tertiary/aromatic N) is 2. The van der Waals surface area contributed by atoms with E-state index < -0.39 is 0 Å². The van der Waals surface area contributed by atoms with Crippen molar-refractivity contribution in [2.45, 2.75) is 6.54 Å². The van der Waals surface area contributed by atoms with Crippen molar-refractivity contribution >= 4 is 39.6 Å². The van der Waals surface area contributed by atoms with Crippen molar-refractivity contribution in [2.75, 3.05) is 7.05 Å². The van der Waals surface area contributed by atoms with E-state index in [2.05, 4.69) is 4.98 Å². The van der Waals surface area contributed by atoms with Gasteiger partial charge in [0.1, 0.15) is 5.15 Å². The molecule has 0 spiro atoms. The number of hydrogen-bond donors (Lipinski definition) is 0. The first-order valence-electron chi connectivity index (χ1n) is 6.46. The topological polar surface area (TPSA) is 33.2 Å². The number of fused-ring (bicyclic) bond motifs is 1. The highest BCUT2D eigenvalue weighted by atomic mass is 35.5. The van der Waals surface area contributed by atoms with E-state index >= 15 is 0 Å². The second-order valence-corrected chi connectivity index (χ2v) is 5.94. The molecule has 106 valence electrons. The summed E-state index contributed by atoms with van der Waals surface area (Å²) in [5.74, 6) is -0.0541. The maximum atomic E-state index is 12.6. The van der Waals surface area contributed by atoms with Crippen LogP contribution in [0.25, 0.3) is 10.8 Å². The first-order valence-corrected chi connectivity index (χ1v) is 7.78. The smallest absolute Gasteiger partial charge is 0.256 e. The van der Waals surface area contributed by atoms with E-state index in [0.717, 1.165) is 16.3 Å². The van der Waals surface area contributed by atoms with Crippen molar-refractivity contribution in [3.63, 3.8) is 0 Å². The lowest BCUT2D eigenvalue weighted by Crippen LogP contribution is -2.26. The van der Waals surface area contributed by atoms with Gasteiger partial charge in [0.25, 0.3) is 5.91 Å². The fourth-order valence-corrected chi connectivity index (χ4v) is 3.14. The molecular weight excluding hydrogens is 304 g/mol. The second-order valence-electron chi connectivity index (χ2n) is 4.80. The molecule has 0 unspecified atom stereocenters. The minimum atomic E-state index is -0.0541. The van der Waals surface area contributed by atoms with Gasteiger partial charge in [-0.1, -0.05) is 35.9 Å². The third-order valence-electron chi connectivity index (χ3n) is 3.32. The minimum absolute atomic E-state index is 0.0541. The summed E-state index contributed by atoms with van der Waals surface area (Å²) in [7, 11) is 1.80. The van der Waals surface area contributed by atoms with Crippen LogP contribution in [-0.2, 0) is 6.54 Å². The molecule has 2 heterocycles. The predicted octanol–water partition coefficient (Wildman–Crippen LogP) is 4.22. The van der Waals surface area contributed by atoms with Crippen LogP contribution in [0.4, 0.5) is 0 Å². The molecule has 5 heteroatoms. The van der Waals surface area contributed by atoms with Crippen molar-refractivity contribution in [3.05, 3.63) is 63.6 Å². The fraction of sp³-hybridized carbons (Fsp3) is 0.125. The third-order valence-corrected chi connectivity index (χ3v) is 4.36. The summed E-state index contributed by atoms with van der Waals surface area (Å²) in [5, 5.41) is 6.10. The van der Waals surface area contributed by atoms with Gasteiger partial charge in [-0.15, -0.1) is 0 Å². The molecule has 0 saturated carbocycles. The molecule has 0 atom stereocenters. The van der Waals surface area contributed by atoms with Crippen molar-refractivity contribution in [3.8, 4) is 0 Å². The lowest BCUT2D eigenvalue weighted by atomic mass is 10.1. The number of aromatic nitrogens is 1. The predicted molar refractivity (Wildman–Crippen MR) is 86.9 cm³/mol. The fourth-order valence-electron chi connectivity index (χ4n) is 2.26. The van der Waals surface area contributed by atoms with Crippen LogP contribution in [0.3, 0.4) is 0 Å². The highest BCUT2D eigenvalue weighted by Gasteiger charge is 2.16. The molecule has 0 saturated heterocycles. The van der Waals surface area contributed by atoms with Crippen molar-refractivity contribution in [1.29, 1.82) is 0 Å². The summed E-state index contributed by atoms with van der Waals surface area (Å²) in [6, 6.07) is 9.58. The molecular formula is C16H13ClN2OS. The minimum Gasteiger partial charge on any atom is -0.337 e. The molecule has 3 aromatic rings. The zero-order valence-electron chi connectivity index (χ0n) is 11.4. The van der Waals surface area contributed by atoms with E-state index in [1.165, 1.54) is 0 Å². The molecule has 0 aliphatic heterocycles. The molecule has 3 nitrogen and oxygen atoms in total. The van der Waals surface area contributed by atoms with Crippen LogP contribution in [0.1, 0.15) is 15.9 Å². The van der Waals surface area contributed by atoms with Gasteiger partial charge in [0.05, 0.1) is 5.56 Å². The van der Waals surface area contributed by atoms with Gasteiger partial charge in [0.2, 0.25) is 0 Å². The van der Waals surface area contributed by atoms with E-state index in [1.54, 1.807) is 29.5 Å². The largest absolute Gasteiger partial charge is 0.337 e. The second kappa shape index (κ2) is 5.84. The van der Waals surface area contributed by atoms with Crippen molar-refractivity contribution in [2.24, 2.45) is 0 Å². The number of amides is 1. The Hall–Kier alpha value is -1.91. The Morgan fingerprint density at radius 1 is 1.29 bits per heavy atom. The van der Waals surface area contributed by atoms with E-state index in [0.29, 0.717) is 17.3 Å². The van der Waals surface area contributed by atoms with Crippen LogP contribution in [-0.4, -0.2) is 22.8 Å². The molecule has 0 radical (unpaired) electrons. The maximum Gasteiger partial charge on any atom is 0.256 e.